The zero-order valence-electron chi connectivity index (χ0n) is 13.6. The summed E-state index contributed by atoms with van der Waals surface area (Å²) < 4.78 is 10.7. The molecule has 6 heteroatoms. The topological polar surface area (TPSA) is 55.6 Å². The summed E-state index contributed by atoms with van der Waals surface area (Å²) in [6, 6.07) is 15.3. The third-order valence-electron chi connectivity index (χ3n) is 3.60. The van der Waals surface area contributed by atoms with E-state index >= 15 is 0 Å². The number of thioether (sulfide) groups is 1. The third kappa shape index (κ3) is 3.89. The van der Waals surface area contributed by atoms with Crippen LogP contribution in [0.1, 0.15) is 5.56 Å². The summed E-state index contributed by atoms with van der Waals surface area (Å²) in [5, 5.41) is 0.516. The lowest BCUT2D eigenvalue weighted by Crippen LogP contribution is -2.27. The molecule has 1 amide bonds. The number of ether oxygens (including phenoxy) is 1. The molecular formula is C18H18N2O3S. The van der Waals surface area contributed by atoms with Gasteiger partial charge in [-0.25, -0.2) is 4.98 Å². The zero-order chi connectivity index (χ0) is 16.9. The van der Waals surface area contributed by atoms with E-state index in [1.807, 2.05) is 48.5 Å². The van der Waals surface area contributed by atoms with Gasteiger partial charge in [0.15, 0.2) is 5.58 Å². The van der Waals surface area contributed by atoms with Crippen LogP contribution in [0.3, 0.4) is 0 Å². The van der Waals surface area contributed by atoms with Gasteiger partial charge in [0.05, 0.1) is 12.9 Å². The molecule has 1 aromatic heterocycles. The van der Waals surface area contributed by atoms with Crippen LogP contribution in [-0.2, 0) is 11.3 Å². The summed E-state index contributed by atoms with van der Waals surface area (Å²) in [6.07, 6.45) is 0. The van der Waals surface area contributed by atoms with Crippen LogP contribution >= 0.6 is 11.8 Å². The van der Waals surface area contributed by atoms with Gasteiger partial charge in [0, 0.05) is 13.6 Å². The molecule has 3 rings (SSSR count). The van der Waals surface area contributed by atoms with Crippen molar-refractivity contribution in [3.05, 3.63) is 54.1 Å². The Bertz CT molecular complexity index is 797. The van der Waals surface area contributed by atoms with Crippen molar-refractivity contribution in [2.24, 2.45) is 0 Å². The number of para-hydroxylation sites is 2. The number of oxazole rings is 1. The quantitative estimate of drug-likeness (QED) is 0.641. The van der Waals surface area contributed by atoms with Crippen LogP contribution in [0.25, 0.3) is 11.1 Å². The molecule has 3 aromatic rings. The minimum Gasteiger partial charge on any atom is -0.497 e. The van der Waals surface area contributed by atoms with Crippen molar-refractivity contribution in [2.75, 3.05) is 19.9 Å². The van der Waals surface area contributed by atoms with E-state index in [0.29, 0.717) is 17.5 Å². The van der Waals surface area contributed by atoms with Crippen LogP contribution in [0.15, 0.2) is 58.2 Å². The highest BCUT2D eigenvalue weighted by Gasteiger charge is 2.13. The Morgan fingerprint density at radius 1 is 1.21 bits per heavy atom. The molecule has 0 spiro atoms. The summed E-state index contributed by atoms with van der Waals surface area (Å²) in [7, 11) is 3.42. The fourth-order valence-electron chi connectivity index (χ4n) is 2.24. The monoisotopic (exact) mass is 342 g/mol. The van der Waals surface area contributed by atoms with Crippen molar-refractivity contribution in [1.82, 2.24) is 9.88 Å². The van der Waals surface area contributed by atoms with Gasteiger partial charge in [0.25, 0.3) is 5.22 Å². The molecule has 24 heavy (non-hydrogen) atoms. The van der Waals surface area contributed by atoms with Gasteiger partial charge in [0.2, 0.25) is 5.91 Å². The van der Waals surface area contributed by atoms with Gasteiger partial charge in [0.1, 0.15) is 11.3 Å². The van der Waals surface area contributed by atoms with Crippen molar-refractivity contribution >= 4 is 28.8 Å². The predicted octanol–water partition coefficient (Wildman–Crippen LogP) is 3.59. The minimum atomic E-state index is 0.0260. The molecule has 0 fully saturated rings. The number of rotatable bonds is 6. The number of hydrogen-bond donors (Lipinski definition) is 0. The molecule has 0 aliphatic carbocycles. The molecule has 124 valence electrons. The van der Waals surface area contributed by atoms with E-state index in [4.69, 9.17) is 9.15 Å². The molecule has 0 N–H and O–H groups in total. The Morgan fingerprint density at radius 2 is 1.96 bits per heavy atom. The second-order valence-electron chi connectivity index (χ2n) is 5.33. The first-order valence-electron chi connectivity index (χ1n) is 7.51. The standard InChI is InChI=1S/C18H18N2O3S/c1-20(11-13-7-9-14(22-2)10-8-13)17(21)12-24-18-19-15-5-3-4-6-16(15)23-18/h3-10H,11-12H2,1-2H3. The van der Waals surface area contributed by atoms with Gasteiger partial charge >= 0.3 is 0 Å². The molecule has 0 saturated carbocycles. The van der Waals surface area contributed by atoms with Gasteiger partial charge < -0.3 is 14.1 Å². The van der Waals surface area contributed by atoms with Gasteiger partial charge in [-0.15, -0.1) is 0 Å². The number of fused-ring (bicyclic) bond motifs is 1. The Hall–Kier alpha value is -2.47. The Labute approximate surface area is 144 Å². The molecule has 1 heterocycles. The van der Waals surface area contributed by atoms with Gasteiger partial charge in [-0.3, -0.25) is 4.79 Å². The Balaban J connectivity index is 1.55. The van der Waals surface area contributed by atoms with E-state index in [0.717, 1.165) is 22.4 Å². The van der Waals surface area contributed by atoms with Crippen molar-refractivity contribution in [2.45, 2.75) is 11.8 Å². The van der Waals surface area contributed by atoms with E-state index in [9.17, 15) is 4.79 Å². The number of nitrogens with zero attached hydrogens (tertiary/aromatic N) is 2. The third-order valence-corrected chi connectivity index (χ3v) is 4.41. The maximum absolute atomic E-state index is 12.3. The predicted molar refractivity (Wildman–Crippen MR) is 94.2 cm³/mol. The highest BCUT2D eigenvalue weighted by atomic mass is 32.2. The number of amides is 1. The second-order valence-corrected chi connectivity index (χ2v) is 6.26. The van der Waals surface area contributed by atoms with Crippen molar-refractivity contribution in [3.8, 4) is 5.75 Å². The molecule has 0 unspecified atom stereocenters. The number of carbonyl (C=O) groups excluding carboxylic acids is 1. The molecule has 0 radical (unpaired) electrons. The maximum Gasteiger partial charge on any atom is 0.257 e. The van der Waals surface area contributed by atoms with Crippen LogP contribution in [0.2, 0.25) is 0 Å². The van der Waals surface area contributed by atoms with E-state index in [2.05, 4.69) is 4.98 Å². The summed E-state index contributed by atoms with van der Waals surface area (Å²) in [5.41, 5.74) is 2.59. The van der Waals surface area contributed by atoms with Crippen LogP contribution in [0.4, 0.5) is 0 Å². The highest BCUT2D eigenvalue weighted by Crippen LogP contribution is 2.23. The van der Waals surface area contributed by atoms with E-state index in [-0.39, 0.29) is 5.91 Å². The lowest BCUT2D eigenvalue weighted by Gasteiger charge is -2.16. The Morgan fingerprint density at radius 3 is 2.67 bits per heavy atom. The van der Waals surface area contributed by atoms with E-state index in [1.165, 1.54) is 11.8 Å². The fraction of sp³-hybridized carbons (Fsp3) is 0.222. The number of aromatic nitrogens is 1. The first-order valence-corrected chi connectivity index (χ1v) is 8.49. The lowest BCUT2D eigenvalue weighted by atomic mass is 10.2. The molecule has 0 saturated heterocycles. The second kappa shape index (κ2) is 7.40. The highest BCUT2D eigenvalue weighted by molar-refractivity contribution is 7.99. The number of carbonyl (C=O) groups is 1. The van der Waals surface area contributed by atoms with Crippen molar-refractivity contribution < 1.29 is 13.9 Å². The first-order chi connectivity index (χ1) is 11.7. The smallest absolute Gasteiger partial charge is 0.257 e. The van der Waals surface area contributed by atoms with Gasteiger partial charge in [-0.05, 0) is 29.8 Å². The van der Waals surface area contributed by atoms with Crippen LogP contribution in [-0.4, -0.2) is 35.7 Å². The molecular weight excluding hydrogens is 324 g/mol. The summed E-state index contributed by atoms with van der Waals surface area (Å²) in [4.78, 5) is 18.3. The average molecular weight is 342 g/mol. The number of benzene rings is 2. The van der Waals surface area contributed by atoms with Crippen LogP contribution in [0, 0.1) is 0 Å². The maximum atomic E-state index is 12.3. The molecule has 0 aliphatic heterocycles. The van der Waals surface area contributed by atoms with E-state index < -0.39 is 0 Å². The van der Waals surface area contributed by atoms with Gasteiger partial charge in [-0.1, -0.05) is 36.0 Å². The molecule has 2 aromatic carbocycles. The average Bonchev–Trinajstić information content (AvgIpc) is 3.03. The minimum absolute atomic E-state index is 0.0260. The SMILES string of the molecule is COc1ccc(CN(C)C(=O)CSc2nc3ccccc3o2)cc1. The molecule has 0 bridgehead atoms. The molecule has 0 atom stereocenters. The Kier molecular flexibility index (Phi) is 5.05. The summed E-state index contributed by atoms with van der Waals surface area (Å²) >= 11 is 1.31. The zero-order valence-corrected chi connectivity index (χ0v) is 14.4. The van der Waals surface area contributed by atoms with Crippen LogP contribution in [0.5, 0.6) is 5.75 Å². The number of methoxy groups -OCH3 is 1. The fourth-order valence-corrected chi connectivity index (χ4v) is 3.02. The molecule has 0 aliphatic rings. The first kappa shape index (κ1) is 16.4. The van der Waals surface area contributed by atoms with Crippen LogP contribution < -0.4 is 4.74 Å². The lowest BCUT2D eigenvalue weighted by molar-refractivity contribution is -0.127. The normalized spacial score (nSPS) is 10.8. The molecule has 5 nitrogen and oxygen atoms in total. The summed E-state index contributed by atoms with van der Waals surface area (Å²) in [6.45, 7) is 0.553. The summed E-state index contributed by atoms with van der Waals surface area (Å²) in [5.74, 6) is 1.12. The van der Waals surface area contributed by atoms with Crippen molar-refractivity contribution in [3.63, 3.8) is 0 Å². The largest absolute Gasteiger partial charge is 0.497 e. The van der Waals surface area contributed by atoms with Crippen molar-refractivity contribution in [1.29, 1.82) is 0 Å². The number of hydrogen-bond acceptors (Lipinski definition) is 5. The van der Waals surface area contributed by atoms with Gasteiger partial charge in [-0.2, -0.15) is 0 Å². The van der Waals surface area contributed by atoms with E-state index in [1.54, 1.807) is 19.1 Å².